The number of halogens is 1. The normalized spacial score (nSPS) is 10.8. The fourth-order valence-corrected chi connectivity index (χ4v) is 3.24. The first-order valence-electron chi connectivity index (χ1n) is 8.11. The number of benzene rings is 2. The van der Waals surface area contributed by atoms with E-state index in [4.69, 9.17) is 15.2 Å². The summed E-state index contributed by atoms with van der Waals surface area (Å²) in [5, 5.41) is 5.20. The van der Waals surface area contributed by atoms with Crippen LogP contribution >= 0.6 is 35.3 Å². The van der Waals surface area contributed by atoms with Gasteiger partial charge in [0.15, 0.2) is 5.96 Å². The molecule has 0 radical (unpaired) electrons. The standard InChI is InChI=1S/C20H21N3O2S.HI/c1-24-17-7-3-14(4-8-17)15-11-19(26-13-15)12-22-20(21)23-16-5-9-18(25-2)10-6-16;/h3-11,13H,12H2,1-2H3,(H3,21,22,23);1H. The summed E-state index contributed by atoms with van der Waals surface area (Å²) in [7, 11) is 3.31. The van der Waals surface area contributed by atoms with E-state index in [1.807, 2.05) is 48.5 Å². The van der Waals surface area contributed by atoms with Crippen LogP contribution in [-0.2, 0) is 6.54 Å². The lowest BCUT2D eigenvalue weighted by Crippen LogP contribution is -2.22. The third kappa shape index (κ3) is 5.86. The molecule has 0 aliphatic heterocycles. The minimum Gasteiger partial charge on any atom is -0.497 e. The van der Waals surface area contributed by atoms with Gasteiger partial charge in [-0.3, -0.25) is 0 Å². The first kappa shape index (κ1) is 21.0. The molecule has 2 aromatic carbocycles. The monoisotopic (exact) mass is 495 g/mol. The Morgan fingerprint density at radius 3 is 2.15 bits per heavy atom. The van der Waals surface area contributed by atoms with Gasteiger partial charge in [0.1, 0.15) is 11.5 Å². The maximum Gasteiger partial charge on any atom is 0.193 e. The van der Waals surface area contributed by atoms with Crippen molar-refractivity contribution in [2.45, 2.75) is 6.54 Å². The number of hydrogen-bond acceptors (Lipinski definition) is 4. The van der Waals surface area contributed by atoms with Crippen LogP contribution in [0.5, 0.6) is 11.5 Å². The van der Waals surface area contributed by atoms with Crippen molar-refractivity contribution in [2.75, 3.05) is 19.5 Å². The zero-order valence-corrected chi connectivity index (χ0v) is 18.3. The van der Waals surface area contributed by atoms with Crippen LogP contribution in [0.15, 0.2) is 65.0 Å². The van der Waals surface area contributed by atoms with E-state index in [1.54, 1.807) is 25.6 Å². The molecule has 0 unspecified atom stereocenters. The summed E-state index contributed by atoms with van der Waals surface area (Å²) in [5.41, 5.74) is 9.17. The third-order valence-electron chi connectivity index (χ3n) is 3.84. The zero-order chi connectivity index (χ0) is 18.4. The van der Waals surface area contributed by atoms with Gasteiger partial charge < -0.3 is 20.5 Å². The maximum absolute atomic E-state index is 5.97. The summed E-state index contributed by atoms with van der Waals surface area (Å²) in [5.74, 6) is 2.04. The van der Waals surface area contributed by atoms with Gasteiger partial charge in [0.25, 0.3) is 0 Å². The molecule has 0 saturated heterocycles. The fourth-order valence-electron chi connectivity index (χ4n) is 2.42. The van der Waals surface area contributed by atoms with Crippen molar-refractivity contribution < 1.29 is 9.47 Å². The Hall–Kier alpha value is -2.26. The van der Waals surface area contributed by atoms with Crippen LogP contribution < -0.4 is 20.5 Å². The summed E-state index contributed by atoms with van der Waals surface area (Å²) in [6.07, 6.45) is 0. The Labute approximate surface area is 180 Å². The second-order valence-electron chi connectivity index (χ2n) is 5.59. The average molecular weight is 495 g/mol. The SMILES string of the molecule is COc1ccc(NC(N)=NCc2cc(-c3ccc(OC)cc3)cs2)cc1.I. The van der Waals surface area contributed by atoms with Crippen molar-refractivity contribution in [3.63, 3.8) is 0 Å². The first-order valence-corrected chi connectivity index (χ1v) is 8.99. The number of ether oxygens (including phenoxy) is 2. The topological polar surface area (TPSA) is 68.9 Å². The number of guanidine groups is 1. The molecule has 0 aliphatic rings. The molecule has 3 rings (SSSR count). The molecule has 0 bridgehead atoms. The quantitative estimate of drug-likeness (QED) is 0.288. The molecule has 7 heteroatoms. The van der Waals surface area contributed by atoms with Crippen molar-refractivity contribution in [1.82, 2.24) is 0 Å². The van der Waals surface area contributed by atoms with Gasteiger partial charge >= 0.3 is 0 Å². The van der Waals surface area contributed by atoms with Gasteiger partial charge in [-0.05, 0) is 59.0 Å². The molecule has 27 heavy (non-hydrogen) atoms. The van der Waals surface area contributed by atoms with Gasteiger partial charge in [-0.1, -0.05) is 12.1 Å². The van der Waals surface area contributed by atoms with Crippen LogP contribution in [0.4, 0.5) is 5.69 Å². The highest BCUT2D eigenvalue weighted by Gasteiger charge is 2.03. The van der Waals surface area contributed by atoms with Crippen molar-refractivity contribution in [3.05, 3.63) is 64.9 Å². The van der Waals surface area contributed by atoms with E-state index in [-0.39, 0.29) is 24.0 Å². The minimum atomic E-state index is 0. The molecular formula is C20H22IN3O2S. The van der Waals surface area contributed by atoms with Gasteiger partial charge in [0, 0.05) is 10.6 Å². The number of anilines is 1. The zero-order valence-electron chi connectivity index (χ0n) is 15.1. The number of nitrogens with zero attached hydrogens (tertiary/aromatic N) is 1. The molecule has 5 nitrogen and oxygen atoms in total. The van der Waals surface area contributed by atoms with E-state index in [0.29, 0.717) is 12.5 Å². The summed E-state index contributed by atoms with van der Waals surface area (Å²) in [4.78, 5) is 5.56. The lowest BCUT2D eigenvalue weighted by Gasteiger charge is -2.06. The average Bonchev–Trinajstić information content (AvgIpc) is 3.16. The third-order valence-corrected chi connectivity index (χ3v) is 4.77. The van der Waals surface area contributed by atoms with Crippen LogP contribution in [0.25, 0.3) is 11.1 Å². The van der Waals surface area contributed by atoms with E-state index in [2.05, 4.69) is 21.8 Å². The van der Waals surface area contributed by atoms with Gasteiger partial charge in [-0.15, -0.1) is 35.3 Å². The van der Waals surface area contributed by atoms with Crippen molar-refractivity contribution in [2.24, 2.45) is 10.7 Å². The first-order chi connectivity index (χ1) is 12.7. The van der Waals surface area contributed by atoms with Crippen molar-refractivity contribution >= 4 is 47.0 Å². The molecule has 0 saturated carbocycles. The Morgan fingerprint density at radius 2 is 1.56 bits per heavy atom. The lowest BCUT2D eigenvalue weighted by molar-refractivity contribution is 0.415. The second kappa shape index (κ2) is 10.2. The largest absolute Gasteiger partial charge is 0.497 e. The van der Waals surface area contributed by atoms with Crippen LogP contribution in [-0.4, -0.2) is 20.2 Å². The number of nitrogens with one attached hydrogen (secondary N) is 1. The van der Waals surface area contributed by atoms with Gasteiger partial charge in [0.05, 0.1) is 20.8 Å². The maximum atomic E-state index is 5.97. The molecule has 142 valence electrons. The van der Waals surface area contributed by atoms with Crippen molar-refractivity contribution in [1.29, 1.82) is 0 Å². The Bertz CT molecular complexity index is 877. The Kier molecular flexibility index (Phi) is 7.93. The molecule has 1 aromatic heterocycles. The molecular weight excluding hydrogens is 473 g/mol. The molecule has 0 atom stereocenters. The Morgan fingerprint density at radius 1 is 0.963 bits per heavy atom. The number of thiophene rings is 1. The van der Waals surface area contributed by atoms with Gasteiger partial charge in [0.2, 0.25) is 0 Å². The van der Waals surface area contributed by atoms with E-state index in [1.165, 1.54) is 5.56 Å². The van der Waals surface area contributed by atoms with Gasteiger partial charge in [-0.2, -0.15) is 0 Å². The van der Waals surface area contributed by atoms with Crippen LogP contribution in [0.3, 0.4) is 0 Å². The van der Waals surface area contributed by atoms with E-state index in [0.717, 1.165) is 27.6 Å². The van der Waals surface area contributed by atoms with E-state index < -0.39 is 0 Å². The van der Waals surface area contributed by atoms with Crippen LogP contribution in [0, 0.1) is 0 Å². The van der Waals surface area contributed by atoms with E-state index in [9.17, 15) is 0 Å². The summed E-state index contributed by atoms with van der Waals surface area (Å²) in [6.45, 7) is 0.538. The Balaban J connectivity index is 0.00000261. The van der Waals surface area contributed by atoms with E-state index >= 15 is 0 Å². The fraction of sp³-hybridized carbons (Fsp3) is 0.150. The van der Waals surface area contributed by atoms with Crippen LogP contribution in [0.1, 0.15) is 4.88 Å². The molecule has 1 heterocycles. The summed E-state index contributed by atoms with van der Waals surface area (Å²) < 4.78 is 10.3. The molecule has 0 fully saturated rings. The molecule has 3 aromatic rings. The molecule has 0 aliphatic carbocycles. The highest BCUT2D eigenvalue weighted by atomic mass is 127. The van der Waals surface area contributed by atoms with Crippen molar-refractivity contribution in [3.8, 4) is 22.6 Å². The highest BCUT2D eigenvalue weighted by molar-refractivity contribution is 14.0. The predicted octanol–water partition coefficient (Wildman–Crippen LogP) is 4.98. The smallest absolute Gasteiger partial charge is 0.193 e. The summed E-state index contributed by atoms with van der Waals surface area (Å²) in [6, 6.07) is 17.7. The second-order valence-corrected chi connectivity index (χ2v) is 6.58. The summed E-state index contributed by atoms with van der Waals surface area (Å²) >= 11 is 1.67. The molecule has 0 spiro atoms. The lowest BCUT2D eigenvalue weighted by atomic mass is 10.1. The predicted molar refractivity (Wildman–Crippen MR) is 124 cm³/mol. The van der Waals surface area contributed by atoms with Crippen LogP contribution in [0.2, 0.25) is 0 Å². The number of nitrogens with two attached hydrogens (primary N) is 1. The highest BCUT2D eigenvalue weighted by Crippen LogP contribution is 2.27. The number of hydrogen-bond donors (Lipinski definition) is 2. The molecule has 3 N–H and O–H groups in total. The number of rotatable bonds is 6. The minimum absolute atomic E-state index is 0. The number of aliphatic imine (C=N–C) groups is 1. The molecule has 0 amide bonds. The van der Waals surface area contributed by atoms with Gasteiger partial charge in [-0.25, -0.2) is 4.99 Å². The number of methoxy groups -OCH3 is 2.